The van der Waals surface area contributed by atoms with Crippen molar-refractivity contribution in [2.75, 3.05) is 44.0 Å². The van der Waals surface area contributed by atoms with E-state index < -0.39 is 0 Å². The second-order valence-electron chi connectivity index (χ2n) is 3.52. The van der Waals surface area contributed by atoms with E-state index in [0.29, 0.717) is 37.7 Å². The Morgan fingerprint density at radius 2 is 1.67 bits per heavy atom. The Hall–Kier alpha value is -1.63. The Bertz CT molecular complexity index is 348. The van der Waals surface area contributed by atoms with Crippen LogP contribution < -0.4 is 15.4 Å². The van der Waals surface area contributed by atoms with E-state index in [0.717, 1.165) is 13.0 Å². The predicted molar refractivity (Wildman–Crippen MR) is 70.1 cm³/mol. The zero-order valence-electron chi connectivity index (χ0n) is 11.2. The van der Waals surface area contributed by atoms with Crippen LogP contribution in [0.4, 0.5) is 11.9 Å². The first kappa shape index (κ1) is 14.4. The number of nitrogens with one attached hydrogen (secondary N) is 2. The van der Waals surface area contributed by atoms with Gasteiger partial charge in [0, 0.05) is 19.7 Å². The molecule has 18 heavy (non-hydrogen) atoms. The first-order valence-corrected chi connectivity index (χ1v) is 6.15. The van der Waals surface area contributed by atoms with Gasteiger partial charge >= 0.3 is 6.01 Å². The van der Waals surface area contributed by atoms with Crippen LogP contribution in [0.15, 0.2) is 0 Å². The van der Waals surface area contributed by atoms with Crippen molar-refractivity contribution in [2.45, 2.75) is 20.3 Å². The Balaban J connectivity index is 2.58. The summed E-state index contributed by atoms with van der Waals surface area (Å²) >= 11 is 0. The number of methoxy groups -OCH3 is 1. The number of nitrogens with zero attached hydrogens (tertiary/aromatic N) is 3. The second-order valence-corrected chi connectivity index (χ2v) is 3.52. The van der Waals surface area contributed by atoms with Crippen molar-refractivity contribution in [3.05, 3.63) is 0 Å². The summed E-state index contributed by atoms with van der Waals surface area (Å²) in [5.74, 6) is 1.00. The number of hydrogen-bond acceptors (Lipinski definition) is 7. The topological polar surface area (TPSA) is 81.2 Å². The van der Waals surface area contributed by atoms with Gasteiger partial charge in [-0.15, -0.1) is 0 Å². The molecule has 0 aliphatic carbocycles. The third kappa shape index (κ3) is 5.13. The molecule has 0 fully saturated rings. The highest BCUT2D eigenvalue weighted by Crippen LogP contribution is 2.10. The zero-order chi connectivity index (χ0) is 13.2. The molecule has 2 N–H and O–H groups in total. The molecule has 0 bridgehead atoms. The smallest absolute Gasteiger partial charge is 0.322 e. The Morgan fingerprint density at radius 1 is 1.00 bits per heavy atom. The van der Waals surface area contributed by atoms with Gasteiger partial charge < -0.3 is 20.1 Å². The van der Waals surface area contributed by atoms with Crippen LogP contribution in [0.25, 0.3) is 0 Å². The fraction of sp³-hybridized carbons (Fsp3) is 0.727. The summed E-state index contributed by atoms with van der Waals surface area (Å²) in [5.41, 5.74) is 0. The molecule has 102 valence electrons. The third-order valence-electron chi connectivity index (χ3n) is 2.06. The van der Waals surface area contributed by atoms with Gasteiger partial charge in [0.25, 0.3) is 0 Å². The zero-order valence-corrected chi connectivity index (χ0v) is 11.2. The van der Waals surface area contributed by atoms with Crippen molar-refractivity contribution >= 4 is 11.9 Å². The van der Waals surface area contributed by atoms with Gasteiger partial charge in [-0.1, -0.05) is 6.92 Å². The molecule has 0 radical (unpaired) electrons. The molecule has 0 saturated carbocycles. The number of hydrogen-bond donors (Lipinski definition) is 2. The quantitative estimate of drug-likeness (QED) is 0.640. The molecule has 1 heterocycles. The van der Waals surface area contributed by atoms with Crippen LogP contribution in [0.1, 0.15) is 20.3 Å². The molecular formula is C11H21N5O2. The van der Waals surface area contributed by atoms with Crippen LogP contribution in [0.2, 0.25) is 0 Å². The lowest BCUT2D eigenvalue weighted by Crippen LogP contribution is -2.14. The molecule has 0 aliphatic heterocycles. The lowest BCUT2D eigenvalue weighted by atomic mass is 10.5. The highest BCUT2D eigenvalue weighted by atomic mass is 16.5. The van der Waals surface area contributed by atoms with E-state index in [1.54, 1.807) is 0 Å². The van der Waals surface area contributed by atoms with E-state index in [9.17, 15) is 0 Å². The molecule has 0 saturated heterocycles. The highest BCUT2D eigenvalue weighted by molar-refractivity contribution is 5.35. The number of rotatable bonds is 9. The Kier molecular flexibility index (Phi) is 6.78. The Labute approximate surface area is 107 Å². The van der Waals surface area contributed by atoms with Crippen LogP contribution >= 0.6 is 0 Å². The van der Waals surface area contributed by atoms with E-state index in [-0.39, 0.29) is 0 Å². The summed E-state index contributed by atoms with van der Waals surface area (Å²) in [4.78, 5) is 12.5. The summed E-state index contributed by atoms with van der Waals surface area (Å²) in [7, 11) is 1.53. The summed E-state index contributed by atoms with van der Waals surface area (Å²) in [6.07, 6.45) is 1.00. The molecule has 0 aromatic carbocycles. The average molecular weight is 255 g/mol. The van der Waals surface area contributed by atoms with Gasteiger partial charge in [-0.25, -0.2) is 0 Å². The van der Waals surface area contributed by atoms with Gasteiger partial charge in [0.1, 0.15) is 0 Å². The number of anilines is 2. The van der Waals surface area contributed by atoms with Crippen LogP contribution in [0.5, 0.6) is 6.01 Å². The molecule has 1 rings (SSSR count). The van der Waals surface area contributed by atoms with Crippen LogP contribution in [-0.4, -0.2) is 48.4 Å². The van der Waals surface area contributed by atoms with Gasteiger partial charge in [0.2, 0.25) is 11.9 Å². The maximum Gasteiger partial charge on any atom is 0.322 e. The molecular weight excluding hydrogens is 234 g/mol. The molecule has 1 aromatic rings. The fourth-order valence-corrected chi connectivity index (χ4v) is 1.22. The lowest BCUT2D eigenvalue weighted by molar-refractivity contribution is 0.158. The van der Waals surface area contributed by atoms with E-state index >= 15 is 0 Å². The van der Waals surface area contributed by atoms with E-state index in [1.807, 2.05) is 6.92 Å². The van der Waals surface area contributed by atoms with Crippen molar-refractivity contribution in [1.29, 1.82) is 0 Å². The SMILES string of the molecule is CCCNc1nc(NCCOCC)nc(OC)n1. The summed E-state index contributed by atoms with van der Waals surface area (Å²) in [6, 6.07) is 0.294. The molecule has 0 unspecified atom stereocenters. The number of ether oxygens (including phenoxy) is 2. The third-order valence-corrected chi connectivity index (χ3v) is 2.06. The minimum atomic E-state index is 0.294. The largest absolute Gasteiger partial charge is 0.467 e. The van der Waals surface area contributed by atoms with E-state index in [1.165, 1.54) is 7.11 Å². The maximum atomic E-state index is 5.23. The molecule has 0 atom stereocenters. The first-order valence-electron chi connectivity index (χ1n) is 6.15. The van der Waals surface area contributed by atoms with Crippen molar-refractivity contribution in [3.63, 3.8) is 0 Å². The van der Waals surface area contributed by atoms with E-state index in [4.69, 9.17) is 9.47 Å². The molecule has 0 spiro atoms. The van der Waals surface area contributed by atoms with Gasteiger partial charge in [0.15, 0.2) is 0 Å². The number of aromatic nitrogens is 3. The predicted octanol–water partition coefficient (Wildman–Crippen LogP) is 1.15. The van der Waals surface area contributed by atoms with E-state index in [2.05, 4.69) is 32.5 Å². The molecule has 0 amide bonds. The standard InChI is InChI=1S/C11H21N5O2/c1-4-6-12-9-14-10(13-7-8-18-5-2)16-11(15-9)17-3/h4-8H2,1-3H3,(H2,12,13,14,15,16). The minimum Gasteiger partial charge on any atom is -0.467 e. The molecule has 7 nitrogen and oxygen atoms in total. The second kappa shape index (κ2) is 8.46. The lowest BCUT2D eigenvalue weighted by Gasteiger charge is -2.08. The maximum absolute atomic E-state index is 5.23. The fourth-order valence-electron chi connectivity index (χ4n) is 1.22. The molecule has 1 aromatic heterocycles. The van der Waals surface area contributed by atoms with Crippen molar-refractivity contribution < 1.29 is 9.47 Å². The van der Waals surface area contributed by atoms with Gasteiger partial charge in [-0.05, 0) is 13.3 Å². The summed E-state index contributed by atoms with van der Waals surface area (Å²) in [6.45, 7) is 6.80. The Morgan fingerprint density at radius 3 is 2.22 bits per heavy atom. The summed E-state index contributed by atoms with van der Waals surface area (Å²) < 4.78 is 10.3. The van der Waals surface area contributed by atoms with Crippen LogP contribution in [0.3, 0.4) is 0 Å². The van der Waals surface area contributed by atoms with Gasteiger partial charge in [-0.3, -0.25) is 0 Å². The molecule has 7 heteroatoms. The summed E-state index contributed by atoms with van der Waals surface area (Å²) in [5, 5.41) is 6.16. The first-order chi connectivity index (χ1) is 8.80. The normalized spacial score (nSPS) is 10.2. The van der Waals surface area contributed by atoms with Gasteiger partial charge in [0.05, 0.1) is 13.7 Å². The monoisotopic (exact) mass is 255 g/mol. The average Bonchev–Trinajstić information content (AvgIpc) is 2.41. The molecule has 0 aliphatic rings. The van der Waals surface area contributed by atoms with Crippen LogP contribution in [0, 0.1) is 0 Å². The van der Waals surface area contributed by atoms with Crippen molar-refractivity contribution in [2.24, 2.45) is 0 Å². The minimum absolute atomic E-state index is 0.294. The van der Waals surface area contributed by atoms with Crippen molar-refractivity contribution in [3.8, 4) is 6.01 Å². The highest BCUT2D eigenvalue weighted by Gasteiger charge is 2.05. The van der Waals surface area contributed by atoms with Crippen molar-refractivity contribution in [1.82, 2.24) is 15.0 Å². The van der Waals surface area contributed by atoms with Crippen LogP contribution in [-0.2, 0) is 4.74 Å². The van der Waals surface area contributed by atoms with Gasteiger partial charge in [-0.2, -0.15) is 15.0 Å².